The monoisotopic (exact) mass is 228 g/mol. The highest BCUT2D eigenvalue weighted by Gasteiger charge is 2.26. The van der Waals surface area contributed by atoms with Crippen LogP contribution in [0.25, 0.3) is 0 Å². The number of benzene rings is 1. The number of aromatic nitrogens is 3. The van der Waals surface area contributed by atoms with Crippen LogP contribution in [0.1, 0.15) is 37.3 Å². The van der Waals surface area contributed by atoms with Crippen LogP contribution in [0.15, 0.2) is 30.6 Å². The molecule has 2 heterocycles. The Morgan fingerprint density at radius 2 is 2.18 bits per heavy atom. The van der Waals surface area contributed by atoms with Crippen LogP contribution in [0.5, 0.6) is 0 Å². The summed E-state index contributed by atoms with van der Waals surface area (Å²) >= 11 is 0. The maximum Gasteiger partial charge on any atom is 0.155 e. The summed E-state index contributed by atoms with van der Waals surface area (Å²) in [5, 5.41) is 11.8. The van der Waals surface area contributed by atoms with Crippen LogP contribution in [0.2, 0.25) is 0 Å². The van der Waals surface area contributed by atoms with E-state index >= 15 is 0 Å². The lowest BCUT2D eigenvalue weighted by atomic mass is 10.1. The van der Waals surface area contributed by atoms with E-state index in [0.29, 0.717) is 6.04 Å². The van der Waals surface area contributed by atoms with Crippen LogP contribution in [0.4, 0.5) is 5.69 Å². The van der Waals surface area contributed by atoms with E-state index in [-0.39, 0.29) is 6.04 Å². The minimum atomic E-state index is 0.247. The molecule has 88 valence electrons. The zero-order valence-corrected chi connectivity index (χ0v) is 10.1. The molecule has 1 atom stereocenters. The predicted molar refractivity (Wildman–Crippen MR) is 66.9 cm³/mol. The highest BCUT2D eigenvalue weighted by Crippen LogP contribution is 2.33. The number of nitrogens with one attached hydrogen (secondary N) is 1. The lowest BCUT2D eigenvalue weighted by Gasteiger charge is -2.15. The molecule has 0 bridgehead atoms. The molecule has 4 heteroatoms. The summed E-state index contributed by atoms with van der Waals surface area (Å²) < 4.78 is 2.13. The predicted octanol–water partition coefficient (Wildman–Crippen LogP) is 2.57. The van der Waals surface area contributed by atoms with Crippen molar-refractivity contribution in [2.24, 2.45) is 0 Å². The molecule has 4 nitrogen and oxygen atoms in total. The lowest BCUT2D eigenvalue weighted by molar-refractivity contribution is 0.546. The van der Waals surface area contributed by atoms with Gasteiger partial charge in [0, 0.05) is 18.2 Å². The molecule has 0 aliphatic carbocycles. The molecule has 0 saturated carbocycles. The molecule has 0 radical (unpaired) electrons. The molecule has 1 aromatic carbocycles. The highest BCUT2D eigenvalue weighted by molar-refractivity contribution is 5.57. The van der Waals surface area contributed by atoms with Crippen LogP contribution < -0.4 is 5.32 Å². The van der Waals surface area contributed by atoms with Crippen molar-refractivity contribution < 1.29 is 0 Å². The third-order valence-corrected chi connectivity index (χ3v) is 3.24. The Morgan fingerprint density at radius 3 is 2.94 bits per heavy atom. The van der Waals surface area contributed by atoms with Crippen LogP contribution in [-0.2, 0) is 6.42 Å². The van der Waals surface area contributed by atoms with Crippen molar-refractivity contribution in [2.75, 3.05) is 5.32 Å². The van der Waals surface area contributed by atoms with E-state index in [9.17, 15) is 0 Å². The van der Waals surface area contributed by atoms with Crippen LogP contribution in [-0.4, -0.2) is 14.8 Å². The van der Waals surface area contributed by atoms with Crippen LogP contribution in [0, 0.1) is 0 Å². The van der Waals surface area contributed by atoms with Gasteiger partial charge in [0.1, 0.15) is 6.33 Å². The quantitative estimate of drug-likeness (QED) is 0.859. The third kappa shape index (κ3) is 1.69. The second-order valence-electron chi connectivity index (χ2n) is 4.75. The number of nitrogens with zero attached hydrogens (tertiary/aromatic N) is 3. The molecule has 0 saturated heterocycles. The normalized spacial score (nSPS) is 18.2. The van der Waals surface area contributed by atoms with Gasteiger partial charge in [-0.25, -0.2) is 0 Å². The van der Waals surface area contributed by atoms with E-state index in [1.54, 1.807) is 0 Å². The molecule has 3 rings (SSSR count). The molecule has 1 N–H and O–H groups in total. The van der Waals surface area contributed by atoms with Crippen molar-refractivity contribution in [3.63, 3.8) is 0 Å². The summed E-state index contributed by atoms with van der Waals surface area (Å²) in [6.07, 6.45) is 2.80. The standard InChI is InChI=1S/C13H16N4/c1-9(2)17-8-14-16-13(17)12-7-10-5-3-4-6-11(10)15-12/h3-6,8-9,12,15H,7H2,1-2H3. The molecule has 0 fully saturated rings. The fourth-order valence-electron chi connectivity index (χ4n) is 2.35. The van der Waals surface area contributed by atoms with Gasteiger partial charge in [0.25, 0.3) is 0 Å². The summed E-state index contributed by atoms with van der Waals surface area (Å²) in [4.78, 5) is 0. The first-order valence-corrected chi connectivity index (χ1v) is 5.99. The molecule has 0 amide bonds. The summed E-state index contributed by atoms with van der Waals surface area (Å²) in [6.45, 7) is 4.30. The minimum Gasteiger partial charge on any atom is -0.375 e. The van der Waals surface area contributed by atoms with Crippen molar-refractivity contribution in [3.05, 3.63) is 42.0 Å². The number of anilines is 1. The van der Waals surface area contributed by atoms with E-state index in [1.165, 1.54) is 11.3 Å². The average molecular weight is 228 g/mol. The molecule has 2 aromatic rings. The van der Waals surface area contributed by atoms with Crippen molar-refractivity contribution >= 4 is 5.69 Å². The van der Waals surface area contributed by atoms with E-state index < -0.39 is 0 Å². The van der Waals surface area contributed by atoms with E-state index in [2.05, 4.69) is 58.2 Å². The molecule has 1 unspecified atom stereocenters. The number of fused-ring (bicyclic) bond motifs is 1. The fraction of sp³-hybridized carbons (Fsp3) is 0.385. The van der Waals surface area contributed by atoms with Gasteiger partial charge in [0.05, 0.1) is 6.04 Å². The molecule has 1 aliphatic rings. The Bertz CT molecular complexity index is 505. The lowest BCUT2D eigenvalue weighted by Crippen LogP contribution is -2.14. The topological polar surface area (TPSA) is 42.7 Å². The fourth-order valence-corrected chi connectivity index (χ4v) is 2.35. The van der Waals surface area contributed by atoms with Gasteiger partial charge >= 0.3 is 0 Å². The first-order valence-electron chi connectivity index (χ1n) is 5.99. The summed E-state index contributed by atoms with van der Waals surface area (Å²) in [7, 11) is 0. The van der Waals surface area contributed by atoms with Gasteiger partial charge in [-0.3, -0.25) is 0 Å². The number of rotatable bonds is 2. The van der Waals surface area contributed by atoms with Gasteiger partial charge in [-0.05, 0) is 25.5 Å². The molecular weight excluding hydrogens is 212 g/mol. The largest absolute Gasteiger partial charge is 0.375 e. The van der Waals surface area contributed by atoms with Gasteiger partial charge in [0.15, 0.2) is 5.82 Å². The summed E-state index contributed by atoms with van der Waals surface area (Å²) in [6, 6.07) is 9.06. The minimum absolute atomic E-state index is 0.247. The van der Waals surface area contributed by atoms with E-state index in [0.717, 1.165) is 12.2 Å². The maximum atomic E-state index is 4.25. The first kappa shape index (κ1) is 10.3. The number of hydrogen-bond donors (Lipinski definition) is 1. The zero-order chi connectivity index (χ0) is 11.8. The molecule has 1 aliphatic heterocycles. The maximum absolute atomic E-state index is 4.25. The van der Waals surface area contributed by atoms with Gasteiger partial charge < -0.3 is 9.88 Å². The van der Waals surface area contributed by atoms with E-state index in [4.69, 9.17) is 0 Å². The Morgan fingerprint density at radius 1 is 1.35 bits per heavy atom. The summed E-state index contributed by atoms with van der Waals surface area (Å²) in [5.74, 6) is 1.02. The molecule has 17 heavy (non-hydrogen) atoms. The Labute approximate surface area is 101 Å². The Hall–Kier alpha value is -1.84. The molecular formula is C13H16N4. The Balaban J connectivity index is 1.91. The Kier molecular flexibility index (Phi) is 2.35. The summed E-state index contributed by atoms with van der Waals surface area (Å²) in [5.41, 5.74) is 2.58. The zero-order valence-electron chi connectivity index (χ0n) is 10.1. The molecule has 1 aromatic heterocycles. The molecule has 0 spiro atoms. The van der Waals surface area contributed by atoms with Crippen molar-refractivity contribution in [1.82, 2.24) is 14.8 Å². The second kappa shape index (κ2) is 3.87. The highest BCUT2D eigenvalue weighted by atomic mass is 15.3. The van der Waals surface area contributed by atoms with Gasteiger partial charge in [0.2, 0.25) is 0 Å². The van der Waals surface area contributed by atoms with E-state index in [1.807, 2.05) is 6.33 Å². The number of hydrogen-bond acceptors (Lipinski definition) is 3. The SMILES string of the molecule is CC(C)n1cnnc1C1Cc2ccccc2N1. The van der Waals surface area contributed by atoms with Crippen molar-refractivity contribution in [1.29, 1.82) is 0 Å². The van der Waals surface area contributed by atoms with Gasteiger partial charge in [-0.15, -0.1) is 10.2 Å². The smallest absolute Gasteiger partial charge is 0.155 e. The number of para-hydroxylation sites is 1. The van der Waals surface area contributed by atoms with Crippen LogP contribution in [0.3, 0.4) is 0 Å². The second-order valence-corrected chi connectivity index (χ2v) is 4.75. The third-order valence-electron chi connectivity index (χ3n) is 3.24. The van der Waals surface area contributed by atoms with Gasteiger partial charge in [-0.1, -0.05) is 18.2 Å². The van der Waals surface area contributed by atoms with Gasteiger partial charge in [-0.2, -0.15) is 0 Å². The van der Waals surface area contributed by atoms with Crippen molar-refractivity contribution in [3.8, 4) is 0 Å². The average Bonchev–Trinajstić information content (AvgIpc) is 2.95. The first-order chi connectivity index (χ1) is 8.25. The van der Waals surface area contributed by atoms with Crippen molar-refractivity contribution in [2.45, 2.75) is 32.4 Å². The van der Waals surface area contributed by atoms with Crippen LogP contribution >= 0.6 is 0 Å².